The van der Waals surface area contributed by atoms with Gasteiger partial charge in [-0.05, 0) is 44.4 Å². The second-order valence-corrected chi connectivity index (χ2v) is 7.04. The molecule has 1 heterocycles. The van der Waals surface area contributed by atoms with E-state index in [0.717, 1.165) is 0 Å². The highest BCUT2D eigenvalue weighted by Gasteiger charge is 2.34. The predicted molar refractivity (Wildman–Crippen MR) is 71.7 cm³/mol. The van der Waals surface area contributed by atoms with Crippen molar-refractivity contribution in [1.82, 2.24) is 4.31 Å². The summed E-state index contributed by atoms with van der Waals surface area (Å²) in [7, 11) is -3.78. The van der Waals surface area contributed by atoms with Crippen molar-refractivity contribution in [3.8, 4) is 0 Å². The van der Waals surface area contributed by atoms with Crippen molar-refractivity contribution in [2.24, 2.45) is 5.73 Å². The van der Waals surface area contributed by atoms with Gasteiger partial charge in [0, 0.05) is 18.6 Å². The van der Waals surface area contributed by atoms with Gasteiger partial charge in [-0.3, -0.25) is 0 Å². The fourth-order valence-corrected chi connectivity index (χ4v) is 4.19. The third-order valence-corrected chi connectivity index (χ3v) is 5.58. The first-order valence-corrected chi connectivity index (χ1v) is 7.80. The lowest BCUT2D eigenvalue weighted by atomic mass is 10.0. The Bertz CT molecular complexity index is 574. The molecular formula is C13H19FN2O2S. The molecule has 0 aromatic heterocycles. The molecule has 0 bridgehead atoms. The number of nitrogens with two attached hydrogens (primary N) is 1. The van der Waals surface area contributed by atoms with Gasteiger partial charge in [0.1, 0.15) is 10.7 Å². The van der Waals surface area contributed by atoms with Crippen LogP contribution < -0.4 is 5.73 Å². The molecule has 0 saturated carbocycles. The van der Waals surface area contributed by atoms with Gasteiger partial charge >= 0.3 is 0 Å². The van der Waals surface area contributed by atoms with Crippen molar-refractivity contribution in [2.45, 2.75) is 43.7 Å². The highest BCUT2D eigenvalue weighted by atomic mass is 32.2. The third-order valence-electron chi connectivity index (χ3n) is 3.53. The Kier molecular flexibility index (Phi) is 3.94. The molecule has 2 N–H and O–H groups in total. The van der Waals surface area contributed by atoms with Crippen LogP contribution >= 0.6 is 0 Å². The summed E-state index contributed by atoms with van der Waals surface area (Å²) < 4.78 is 40.2. The monoisotopic (exact) mass is 286 g/mol. The van der Waals surface area contributed by atoms with E-state index < -0.39 is 15.8 Å². The molecule has 1 saturated heterocycles. The van der Waals surface area contributed by atoms with Crippen LogP contribution in [0.2, 0.25) is 0 Å². The van der Waals surface area contributed by atoms with Crippen molar-refractivity contribution in [2.75, 3.05) is 6.54 Å². The molecule has 4 nitrogen and oxygen atoms in total. The number of benzene rings is 1. The van der Waals surface area contributed by atoms with Crippen LogP contribution in [0.25, 0.3) is 0 Å². The fourth-order valence-electron chi connectivity index (χ4n) is 2.49. The van der Waals surface area contributed by atoms with E-state index in [2.05, 4.69) is 0 Å². The molecule has 106 valence electrons. The van der Waals surface area contributed by atoms with E-state index in [1.807, 2.05) is 6.92 Å². The third kappa shape index (κ3) is 2.80. The molecule has 0 spiro atoms. The molecule has 1 aliphatic rings. The molecule has 0 amide bonds. The van der Waals surface area contributed by atoms with Gasteiger partial charge in [-0.25, -0.2) is 12.8 Å². The number of hydrogen-bond donors (Lipinski definition) is 1. The van der Waals surface area contributed by atoms with E-state index in [1.54, 1.807) is 13.0 Å². The topological polar surface area (TPSA) is 63.4 Å². The lowest BCUT2D eigenvalue weighted by molar-refractivity contribution is 0.246. The average molecular weight is 286 g/mol. The Balaban J connectivity index is 2.37. The summed E-state index contributed by atoms with van der Waals surface area (Å²) in [4.78, 5) is -0.250. The van der Waals surface area contributed by atoms with Crippen LogP contribution in [0.1, 0.15) is 25.3 Å². The average Bonchev–Trinajstić information content (AvgIpc) is 2.27. The fraction of sp³-hybridized carbons (Fsp3) is 0.538. The lowest BCUT2D eigenvalue weighted by Crippen LogP contribution is -2.48. The molecule has 6 heteroatoms. The number of nitrogens with zero attached hydrogens (tertiary/aromatic N) is 1. The second kappa shape index (κ2) is 5.19. The SMILES string of the molecule is Cc1ccc(S(=O)(=O)N2CC[C@@H](N)C[C@H]2C)c(F)c1. The molecule has 2 rings (SSSR count). The van der Waals surface area contributed by atoms with Gasteiger partial charge in [-0.15, -0.1) is 0 Å². The molecular weight excluding hydrogens is 267 g/mol. The molecule has 0 unspecified atom stereocenters. The highest BCUT2D eigenvalue weighted by molar-refractivity contribution is 7.89. The van der Waals surface area contributed by atoms with E-state index in [9.17, 15) is 12.8 Å². The summed E-state index contributed by atoms with van der Waals surface area (Å²) in [5, 5.41) is 0. The van der Waals surface area contributed by atoms with Crippen LogP contribution in [0.15, 0.2) is 23.1 Å². The Morgan fingerprint density at radius 1 is 1.42 bits per heavy atom. The molecule has 1 fully saturated rings. The van der Waals surface area contributed by atoms with E-state index >= 15 is 0 Å². The Morgan fingerprint density at radius 2 is 2.11 bits per heavy atom. The molecule has 19 heavy (non-hydrogen) atoms. The first kappa shape index (κ1) is 14.4. The maximum Gasteiger partial charge on any atom is 0.246 e. The van der Waals surface area contributed by atoms with Crippen LogP contribution in [-0.2, 0) is 10.0 Å². The van der Waals surface area contributed by atoms with Gasteiger partial charge < -0.3 is 5.73 Å². The Hall–Kier alpha value is -0.980. The van der Waals surface area contributed by atoms with Crippen molar-refractivity contribution >= 4 is 10.0 Å². The van der Waals surface area contributed by atoms with Crippen molar-refractivity contribution in [3.05, 3.63) is 29.6 Å². The van der Waals surface area contributed by atoms with Gasteiger partial charge in [0.25, 0.3) is 0 Å². The number of halogens is 1. The predicted octanol–water partition coefficient (Wildman–Crippen LogP) is 1.63. The minimum Gasteiger partial charge on any atom is -0.328 e. The van der Waals surface area contributed by atoms with Gasteiger partial charge in [0.05, 0.1) is 0 Å². The number of sulfonamides is 1. The summed E-state index contributed by atoms with van der Waals surface area (Å²) in [5.41, 5.74) is 6.52. The molecule has 0 radical (unpaired) electrons. The molecule has 2 atom stereocenters. The zero-order chi connectivity index (χ0) is 14.2. The van der Waals surface area contributed by atoms with E-state index in [4.69, 9.17) is 5.73 Å². The molecule has 1 aliphatic heterocycles. The summed E-state index contributed by atoms with van der Waals surface area (Å²) in [6, 6.07) is 4.00. The van der Waals surface area contributed by atoms with Crippen molar-refractivity contribution in [1.29, 1.82) is 0 Å². The van der Waals surface area contributed by atoms with Gasteiger partial charge in [0.2, 0.25) is 10.0 Å². The lowest BCUT2D eigenvalue weighted by Gasteiger charge is -2.35. The normalized spacial score (nSPS) is 25.5. The minimum absolute atomic E-state index is 0.0179. The molecule has 0 aliphatic carbocycles. The van der Waals surface area contributed by atoms with Gasteiger partial charge in [-0.1, -0.05) is 6.07 Å². The smallest absolute Gasteiger partial charge is 0.246 e. The summed E-state index contributed by atoms with van der Waals surface area (Å²) in [6.45, 7) is 3.88. The number of rotatable bonds is 2. The van der Waals surface area contributed by atoms with E-state index in [1.165, 1.54) is 16.4 Å². The van der Waals surface area contributed by atoms with Crippen LogP contribution in [0, 0.1) is 12.7 Å². The Labute approximate surface area is 113 Å². The zero-order valence-corrected chi connectivity index (χ0v) is 12.0. The van der Waals surface area contributed by atoms with Crippen LogP contribution in [0.5, 0.6) is 0 Å². The first-order valence-electron chi connectivity index (χ1n) is 6.36. The maximum absolute atomic E-state index is 13.9. The number of hydrogen-bond acceptors (Lipinski definition) is 3. The molecule has 1 aromatic rings. The van der Waals surface area contributed by atoms with Crippen LogP contribution in [0.3, 0.4) is 0 Å². The largest absolute Gasteiger partial charge is 0.328 e. The van der Waals surface area contributed by atoms with Crippen molar-refractivity contribution in [3.63, 3.8) is 0 Å². The quantitative estimate of drug-likeness (QED) is 0.899. The number of piperidine rings is 1. The van der Waals surface area contributed by atoms with Gasteiger partial charge in [-0.2, -0.15) is 4.31 Å². The zero-order valence-electron chi connectivity index (χ0n) is 11.1. The standard InChI is InChI=1S/C13H19FN2O2S/c1-9-3-4-13(12(14)7-9)19(17,18)16-6-5-11(15)8-10(16)2/h3-4,7,10-11H,5-6,8,15H2,1-2H3/t10-,11-/m1/s1. The number of aryl methyl sites for hydroxylation is 1. The first-order chi connectivity index (χ1) is 8.82. The summed E-state index contributed by atoms with van der Waals surface area (Å²) in [5.74, 6) is -0.693. The van der Waals surface area contributed by atoms with E-state index in [-0.39, 0.29) is 17.0 Å². The van der Waals surface area contributed by atoms with Crippen LogP contribution in [-0.4, -0.2) is 31.4 Å². The second-order valence-electron chi connectivity index (χ2n) is 5.18. The minimum atomic E-state index is -3.78. The van der Waals surface area contributed by atoms with E-state index in [0.29, 0.717) is 24.9 Å². The summed E-state index contributed by atoms with van der Waals surface area (Å²) >= 11 is 0. The highest BCUT2D eigenvalue weighted by Crippen LogP contribution is 2.26. The Morgan fingerprint density at radius 3 is 2.68 bits per heavy atom. The van der Waals surface area contributed by atoms with Crippen LogP contribution in [0.4, 0.5) is 4.39 Å². The molecule has 1 aromatic carbocycles. The summed E-state index contributed by atoms with van der Waals surface area (Å²) in [6.07, 6.45) is 1.21. The maximum atomic E-state index is 13.9. The van der Waals surface area contributed by atoms with Crippen molar-refractivity contribution < 1.29 is 12.8 Å². The van der Waals surface area contributed by atoms with Gasteiger partial charge in [0.15, 0.2) is 0 Å².